The largest absolute Gasteiger partial charge is 0.350 e. The molecular formula is C34H34BrCl2N3O4S. The number of halogens is 3. The van der Waals surface area contributed by atoms with Gasteiger partial charge in [0, 0.05) is 23.0 Å². The van der Waals surface area contributed by atoms with E-state index in [-0.39, 0.29) is 39.5 Å². The zero-order valence-electron chi connectivity index (χ0n) is 25.1. The van der Waals surface area contributed by atoms with Crippen LogP contribution in [-0.2, 0) is 32.6 Å². The third-order valence-corrected chi connectivity index (χ3v) is 9.83. The number of nitrogens with zero attached hydrogens (tertiary/aromatic N) is 2. The third-order valence-electron chi connectivity index (χ3n) is 6.81. The number of hydrogen-bond donors (Lipinski definition) is 1. The average molecular weight is 732 g/mol. The maximum Gasteiger partial charge on any atom is 0.264 e. The molecule has 4 rings (SSSR count). The molecule has 45 heavy (non-hydrogen) atoms. The van der Waals surface area contributed by atoms with E-state index in [1.54, 1.807) is 18.2 Å². The van der Waals surface area contributed by atoms with Crippen LogP contribution in [0.25, 0.3) is 0 Å². The maximum absolute atomic E-state index is 14.5. The van der Waals surface area contributed by atoms with Gasteiger partial charge >= 0.3 is 0 Å². The highest BCUT2D eigenvalue weighted by molar-refractivity contribution is 9.10. The Hall–Kier alpha value is -3.37. The summed E-state index contributed by atoms with van der Waals surface area (Å²) in [4.78, 5) is 29.9. The molecule has 0 aliphatic rings. The number of sulfonamides is 1. The summed E-state index contributed by atoms with van der Waals surface area (Å²) >= 11 is 16.0. The van der Waals surface area contributed by atoms with E-state index < -0.39 is 34.1 Å². The van der Waals surface area contributed by atoms with E-state index in [0.717, 1.165) is 19.9 Å². The van der Waals surface area contributed by atoms with Gasteiger partial charge in [0.1, 0.15) is 12.6 Å². The van der Waals surface area contributed by atoms with Gasteiger partial charge in [-0.2, -0.15) is 0 Å². The van der Waals surface area contributed by atoms with E-state index in [1.165, 1.54) is 35.2 Å². The molecule has 0 aliphatic carbocycles. The van der Waals surface area contributed by atoms with Gasteiger partial charge in [-0.1, -0.05) is 99.8 Å². The zero-order chi connectivity index (χ0) is 32.8. The van der Waals surface area contributed by atoms with Crippen molar-refractivity contribution in [2.75, 3.05) is 10.8 Å². The molecule has 1 unspecified atom stereocenters. The summed E-state index contributed by atoms with van der Waals surface area (Å²) in [6.07, 6.45) is 0.209. The number of rotatable bonds is 11. The van der Waals surface area contributed by atoms with Crippen LogP contribution in [0.2, 0.25) is 10.0 Å². The van der Waals surface area contributed by atoms with E-state index in [2.05, 4.69) is 21.2 Å². The lowest BCUT2D eigenvalue weighted by atomic mass is 10.0. The summed E-state index contributed by atoms with van der Waals surface area (Å²) < 4.78 is 29.9. The topological polar surface area (TPSA) is 86.8 Å². The Morgan fingerprint density at radius 3 is 2.04 bits per heavy atom. The highest BCUT2D eigenvalue weighted by Gasteiger charge is 2.35. The van der Waals surface area contributed by atoms with Crippen molar-refractivity contribution < 1.29 is 18.0 Å². The summed E-state index contributed by atoms with van der Waals surface area (Å²) in [5.74, 6) is -0.938. The molecule has 1 N–H and O–H groups in total. The summed E-state index contributed by atoms with van der Waals surface area (Å²) in [5.41, 5.74) is 1.17. The minimum absolute atomic E-state index is 0.00581. The van der Waals surface area contributed by atoms with Gasteiger partial charge < -0.3 is 10.2 Å². The van der Waals surface area contributed by atoms with Crippen LogP contribution in [-0.4, -0.2) is 43.3 Å². The van der Waals surface area contributed by atoms with Crippen molar-refractivity contribution in [2.45, 2.75) is 50.2 Å². The first kappa shape index (κ1) is 34.5. The normalized spacial score (nSPS) is 12.3. The molecule has 0 fully saturated rings. The highest BCUT2D eigenvalue weighted by Crippen LogP contribution is 2.31. The van der Waals surface area contributed by atoms with Crippen molar-refractivity contribution in [1.29, 1.82) is 0 Å². The van der Waals surface area contributed by atoms with Crippen LogP contribution >= 0.6 is 39.1 Å². The van der Waals surface area contributed by atoms with E-state index in [9.17, 15) is 18.0 Å². The molecule has 0 heterocycles. The SMILES string of the molecule is CC(C)(C)NC(=O)C(Cc1ccccc1)N(Cc1cccc(Br)c1)C(=O)CN(c1ccc(Cl)c(Cl)c1)S(=O)(=O)c1ccccc1. The molecule has 2 amide bonds. The van der Waals surface area contributed by atoms with Gasteiger partial charge in [-0.3, -0.25) is 13.9 Å². The molecule has 0 aromatic heterocycles. The second-order valence-electron chi connectivity index (χ2n) is 11.5. The fourth-order valence-corrected chi connectivity index (χ4v) is 6.89. The van der Waals surface area contributed by atoms with Crippen LogP contribution in [0.3, 0.4) is 0 Å². The first-order chi connectivity index (χ1) is 21.2. The average Bonchev–Trinajstić information content (AvgIpc) is 2.99. The Kier molecular flexibility index (Phi) is 11.4. The third kappa shape index (κ3) is 9.33. The predicted molar refractivity (Wildman–Crippen MR) is 184 cm³/mol. The van der Waals surface area contributed by atoms with E-state index in [4.69, 9.17) is 23.2 Å². The van der Waals surface area contributed by atoms with Crippen molar-refractivity contribution in [3.63, 3.8) is 0 Å². The number of carbonyl (C=O) groups is 2. The second-order valence-corrected chi connectivity index (χ2v) is 15.1. The van der Waals surface area contributed by atoms with Gasteiger partial charge in [-0.15, -0.1) is 0 Å². The van der Waals surface area contributed by atoms with Crippen LogP contribution in [0.1, 0.15) is 31.9 Å². The maximum atomic E-state index is 14.5. The van der Waals surface area contributed by atoms with Crippen LogP contribution in [0.4, 0.5) is 5.69 Å². The van der Waals surface area contributed by atoms with Gasteiger partial charge in [0.15, 0.2) is 0 Å². The molecule has 0 spiro atoms. The lowest BCUT2D eigenvalue weighted by molar-refractivity contribution is -0.140. The lowest BCUT2D eigenvalue weighted by Gasteiger charge is -2.35. The van der Waals surface area contributed by atoms with Crippen molar-refractivity contribution in [1.82, 2.24) is 10.2 Å². The molecule has 7 nitrogen and oxygen atoms in total. The molecule has 0 saturated heterocycles. The molecule has 1 atom stereocenters. The van der Waals surface area contributed by atoms with E-state index >= 15 is 0 Å². The van der Waals surface area contributed by atoms with Gasteiger partial charge in [0.2, 0.25) is 11.8 Å². The van der Waals surface area contributed by atoms with Crippen LogP contribution in [0.15, 0.2) is 112 Å². The van der Waals surface area contributed by atoms with Gasteiger partial charge in [-0.05, 0) is 74.4 Å². The number of nitrogens with one attached hydrogen (secondary N) is 1. The quantitative estimate of drug-likeness (QED) is 0.173. The Morgan fingerprint density at radius 1 is 0.822 bits per heavy atom. The van der Waals surface area contributed by atoms with E-state index in [0.29, 0.717) is 0 Å². The summed E-state index contributed by atoms with van der Waals surface area (Å²) in [5, 5.41) is 3.39. The Morgan fingerprint density at radius 2 is 1.44 bits per heavy atom. The standard InChI is InChI=1S/C34H34BrCl2N3O4S/c1-34(2,3)38-33(42)31(20-24-11-6-4-7-12-24)39(22-25-13-10-14-26(35)19-25)32(41)23-40(27-17-18-29(36)30(37)21-27)45(43,44)28-15-8-5-9-16-28/h4-19,21,31H,20,22-23H2,1-3H3,(H,38,42). The molecular weight excluding hydrogens is 697 g/mol. The number of amides is 2. The molecule has 4 aromatic rings. The molecule has 0 bridgehead atoms. The summed E-state index contributed by atoms with van der Waals surface area (Å²) in [6.45, 7) is 5.04. The van der Waals surface area contributed by atoms with Crippen molar-refractivity contribution in [2.24, 2.45) is 0 Å². The number of hydrogen-bond acceptors (Lipinski definition) is 4. The Balaban J connectivity index is 1.83. The molecule has 0 aliphatic heterocycles. The van der Waals surface area contributed by atoms with Gasteiger partial charge in [0.25, 0.3) is 10.0 Å². The number of anilines is 1. The van der Waals surface area contributed by atoms with Crippen LogP contribution in [0, 0.1) is 0 Å². The minimum atomic E-state index is -4.25. The second kappa shape index (κ2) is 14.8. The van der Waals surface area contributed by atoms with E-state index in [1.807, 2.05) is 75.4 Å². The van der Waals surface area contributed by atoms with Crippen LogP contribution < -0.4 is 9.62 Å². The fourth-order valence-electron chi connectivity index (χ4n) is 4.73. The summed E-state index contributed by atoms with van der Waals surface area (Å²) in [7, 11) is -4.25. The fraction of sp³-hybridized carbons (Fsp3) is 0.235. The van der Waals surface area contributed by atoms with Crippen molar-refractivity contribution in [3.05, 3.63) is 129 Å². The van der Waals surface area contributed by atoms with Gasteiger partial charge in [-0.25, -0.2) is 8.42 Å². The number of carbonyl (C=O) groups excluding carboxylic acids is 2. The Bertz CT molecular complexity index is 1750. The summed E-state index contributed by atoms with van der Waals surface area (Å²) in [6, 6.07) is 28.0. The smallest absolute Gasteiger partial charge is 0.264 e. The minimum Gasteiger partial charge on any atom is -0.350 e. The van der Waals surface area contributed by atoms with Gasteiger partial charge in [0.05, 0.1) is 20.6 Å². The first-order valence-corrected chi connectivity index (χ1v) is 17.2. The molecule has 11 heteroatoms. The first-order valence-electron chi connectivity index (χ1n) is 14.2. The molecule has 4 aromatic carbocycles. The molecule has 0 saturated carbocycles. The van der Waals surface area contributed by atoms with Crippen molar-refractivity contribution >= 4 is 66.7 Å². The Labute approximate surface area is 283 Å². The molecule has 236 valence electrons. The molecule has 0 radical (unpaired) electrons. The predicted octanol–water partition coefficient (Wildman–Crippen LogP) is 7.51. The zero-order valence-corrected chi connectivity index (χ0v) is 29.0. The monoisotopic (exact) mass is 729 g/mol. The lowest BCUT2D eigenvalue weighted by Crippen LogP contribution is -2.56. The van der Waals surface area contributed by atoms with Crippen molar-refractivity contribution in [3.8, 4) is 0 Å². The highest BCUT2D eigenvalue weighted by atomic mass is 79.9. The number of benzene rings is 4. The van der Waals surface area contributed by atoms with Crippen LogP contribution in [0.5, 0.6) is 0 Å².